The maximum Gasteiger partial charge on any atom is 0.326 e. The first-order valence-electron chi connectivity index (χ1n) is 13.7. The van der Waals surface area contributed by atoms with Crippen molar-refractivity contribution in [3.63, 3.8) is 0 Å². The van der Waals surface area contributed by atoms with Gasteiger partial charge >= 0.3 is 5.97 Å². The number of hydrogen-bond acceptors (Lipinski definition) is 8. The summed E-state index contributed by atoms with van der Waals surface area (Å²) in [7, 11) is 0. The molecule has 1 aromatic heterocycles. The summed E-state index contributed by atoms with van der Waals surface area (Å²) in [5.41, 5.74) is 23.9. The molecular weight excluding hydrogens is 532 g/mol. The molecule has 13 N–H and O–H groups in total. The fraction of sp³-hybridized carbons (Fsp3) is 0.519. The van der Waals surface area contributed by atoms with Crippen molar-refractivity contribution in [3.05, 3.63) is 36.0 Å². The zero-order chi connectivity index (χ0) is 30.4. The lowest BCUT2D eigenvalue weighted by Gasteiger charge is -2.25. The van der Waals surface area contributed by atoms with Crippen LogP contribution in [0.5, 0.6) is 0 Å². The second-order valence-corrected chi connectivity index (χ2v) is 9.93. The van der Waals surface area contributed by atoms with Crippen molar-refractivity contribution in [1.82, 2.24) is 20.9 Å². The Balaban J connectivity index is 2.28. The molecule has 4 atom stereocenters. The van der Waals surface area contributed by atoms with Crippen LogP contribution in [-0.4, -0.2) is 76.9 Å². The SMILES string of the molecule is NCCCCC(N)C(=O)NC(Cc1c[nH]c2ccccc12)C(=O)NC(CCCCN)C(=O)NC(CC(N)=O)C(=O)O. The van der Waals surface area contributed by atoms with Crippen molar-refractivity contribution in [2.75, 3.05) is 13.1 Å². The Kier molecular flexibility index (Phi) is 13.7. The number of aliphatic carboxylic acids is 1. The van der Waals surface area contributed by atoms with Gasteiger partial charge in [0, 0.05) is 23.5 Å². The first-order chi connectivity index (χ1) is 19.6. The van der Waals surface area contributed by atoms with E-state index in [1.807, 2.05) is 24.3 Å². The van der Waals surface area contributed by atoms with Crippen LogP contribution in [0.15, 0.2) is 30.5 Å². The van der Waals surface area contributed by atoms with Crippen LogP contribution in [-0.2, 0) is 30.4 Å². The molecule has 41 heavy (non-hydrogen) atoms. The summed E-state index contributed by atoms with van der Waals surface area (Å²) in [6.45, 7) is 0.818. The maximum atomic E-state index is 13.6. The topological polar surface area (TPSA) is 262 Å². The number of aromatic amines is 1. The Hall–Kier alpha value is -4.01. The fourth-order valence-corrected chi connectivity index (χ4v) is 4.36. The van der Waals surface area contributed by atoms with Crippen LogP contribution in [0.4, 0.5) is 0 Å². The van der Waals surface area contributed by atoms with Crippen LogP contribution in [0.25, 0.3) is 10.9 Å². The van der Waals surface area contributed by atoms with Gasteiger partial charge in [-0.2, -0.15) is 0 Å². The van der Waals surface area contributed by atoms with E-state index in [9.17, 15) is 29.1 Å². The first-order valence-corrected chi connectivity index (χ1v) is 13.7. The Morgan fingerprint density at radius 2 is 1.39 bits per heavy atom. The highest BCUT2D eigenvalue weighted by Crippen LogP contribution is 2.19. The quantitative estimate of drug-likeness (QED) is 0.0902. The summed E-state index contributed by atoms with van der Waals surface area (Å²) in [5, 5.41) is 17.9. The number of H-pyrrole nitrogens is 1. The molecule has 0 spiro atoms. The average molecular weight is 575 g/mol. The minimum Gasteiger partial charge on any atom is -0.480 e. The number of unbranched alkanes of at least 4 members (excludes halogenated alkanes) is 2. The number of nitrogens with one attached hydrogen (secondary N) is 4. The molecular formula is C27H42N8O6. The zero-order valence-electron chi connectivity index (χ0n) is 23.1. The summed E-state index contributed by atoms with van der Waals surface area (Å²) in [6, 6.07) is 2.77. The van der Waals surface area contributed by atoms with Gasteiger partial charge in [0.2, 0.25) is 23.6 Å². The normalized spacial score (nSPS) is 14.0. The van der Waals surface area contributed by atoms with E-state index in [2.05, 4.69) is 20.9 Å². The Morgan fingerprint density at radius 1 is 0.805 bits per heavy atom. The monoisotopic (exact) mass is 574 g/mol. The number of amides is 4. The lowest BCUT2D eigenvalue weighted by atomic mass is 10.0. The summed E-state index contributed by atoms with van der Waals surface area (Å²) in [5.74, 6) is -4.35. The Labute approximate surface area is 238 Å². The summed E-state index contributed by atoms with van der Waals surface area (Å²) < 4.78 is 0. The highest BCUT2D eigenvalue weighted by Gasteiger charge is 2.31. The van der Waals surface area contributed by atoms with Crippen molar-refractivity contribution in [2.24, 2.45) is 22.9 Å². The molecule has 0 saturated carbocycles. The van der Waals surface area contributed by atoms with E-state index in [-0.39, 0.29) is 12.8 Å². The van der Waals surface area contributed by atoms with Gasteiger partial charge < -0.3 is 49.0 Å². The lowest BCUT2D eigenvalue weighted by Crippen LogP contribution is -2.57. The largest absolute Gasteiger partial charge is 0.480 e. The molecule has 0 saturated heterocycles. The molecule has 226 valence electrons. The number of primary amides is 1. The number of hydrogen-bond donors (Lipinski definition) is 9. The van der Waals surface area contributed by atoms with Gasteiger partial charge in [0.15, 0.2) is 0 Å². The molecule has 4 amide bonds. The number of para-hydroxylation sites is 1. The third kappa shape index (κ3) is 10.8. The van der Waals surface area contributed by atoms with Gasteiger partial charge in [-0.3, -0.25) is 19.2 Å². The Bertz CT molecular complexity index is 1190. The minimum atomic E-state index is -1.57. The number of rotatable bonds is 19. The second kappa shape index (κ2) is 16.9. The number of nitrogens with two attached hydrogens (primary N) is 4. The van der Waals surface area contributed by atoms with E-state index < -0.39 is 60.2 Å². The number of fused-ring (bicyclic) bond motifs is 1. The predicted octanol–water partition coefficient (Wildman–Crippen LogP) is -1.29. The van der Waals surface area contributed by atoms with Crippen molar-refractivity contribution in [3.8, 4) is 0 Å². The molecule has 14 nitrogen and oxygen atoms in total. The van der Waals surface area contributed by atoms with E-state index in [1.54, 1.807) is 6.20 Å². The van der Waals surface area contributed by atoms with Crippen LogP contribution < -0.4 is 38.9 Å². The minimum absolute atomic E-state index is 0.0909. The molecule has 1 heterocycles. The summed E-state index contributed by atoms with van der Waals surface area (Å²) in [6.07, 6.45) is 4.08. The van der Waals surface area contributed by atoms with Gasteiger partial charge in [-0.1, -0.05) is 24.6 Å². The standard InChI is InChI=1S/C27H42N8O6/c28-11-5-3-8-18(30)24(37)34-21(13-16-15-32-19-9-2-1-7-17(16)19)26(39)33-20(10-4-6-12-29)25(38)35-22(27(40)41)14-23(31)36/h1-2,7,9,15,18,20-22,32H,3-6,8,10-14,28-30H2,(H2,31,36)(H,33,39)(H,34,37)(H,35,38)(H,40,41). The molecule has 0 fully saturated rings. The second-order valence-electron chi connectivity index (χ2n) is 9.93. The number of aromatic nitrogens is 1. The van der Waals surface area contributed by atoms with Crippen LogP contribution in [0.2, 0.25) is 0 Å². The Morgan fingerprint density at radius 3 is 2.02 bits per heavy atom. The van der Waals surface area contributed by atoms with Crippen molar-refractivity contribution in [2.45, 2.75) is 75.5 Å². The smallest absolute Gasteiger partial charge is 0.326 e. The van der Waals surface area contributed by atoms with Gasteiger partial charge in [0.1, 0.15) is 18.1 Å². The highest BCUT2D eigenvalue weighted by atomic mass is 16.4. The number of carboxylic acid groups (broad SMARTS) is 1. The van der Waals surface area contributed by atoms with E-state index in [0.29, 0.717) is 45.2 Å². The van der Waals surface area contributed by atoms with Gasteiger partial charge in [0.05, 0.1) is 12.5 Å². The molecule has 0 aliphatic rings. The van der Waals surface area contributed by atoms with Gasteiger partial charge in [-0.15, -0.1) is 0 Å². The van der Waals surface area contributed by atoms with Crippen LogP contribution in [0, 0.1) is 0 Å². The van der Waals surface area contributed by atoms with E-state index >= 15 is 0 Å². The van der Waals surface area contributed by atoms with Crippen LogP contribution >= 0.6 is 0 Å². The molecule has 1 aromatic carbocycles. The molecule has 14 heteroatoms. The summed E-state index contributed by atoms with van der Waals surface area (Å²) in [4.78, 5) is 65.6. The van der Waals surface area contributed by atoms with Gasteiger partial charge in [0.25, 0.3) is 0 Å². The average Bonchev–Trinajstić information content (AvgIpc) is 3.34. The zero-order valence-corrected chi connectivity index (χ0v) is 23.1. The third-order valence-electron chi connectivity index (χ3n) is 6.64. The van der Waals surface area contributed by atoms with Crippen molar-refractivity contribution >= 4 is 40.5 Å². The van der Waals surface area contributed by atoms with E-state index in [4.69, 9.17) is 22.9 Å². The van der Waals surface area contributed by atoms with Crippen LogP contribution in [0.3, 0.4) is 0 Å². The summed E-state index contributed by atoms with van der Waals surface area (Å²) >= 11 is 0. The lowest BCUT2D eigenvalue weighted by molar-refractivity contribution is -0.143. The van der Waals surface area contributed by atoms with Crippen molar-refractivity contribution in [1.29, 1.82) is 0 Å². The number of carbonyl (C=O) groups excluding carboxylic acids is 4. The van der Waals surface area contributed by atoms with E-state index in [1.165, 1.54) is 0 Å². The number of carboxylic acids is 1. The molecule has 0 aliphatic carbocycles. The van der Waals surface area contributed by atoms with Gasteiger partial charge in [-0.25, -0.2) is 4.79 Å². The molecule has 2 rings (SSSR count). The molecule has 4 unspecified atom stereocenters. The molecule has 0 bridgehead atoms. The number of carbonyl (C=O) groups is 5. The molecule has 2 aromatic rings. The first kappa shape index (κ1) is 33.2. The van der Waals surface area contributed by atoms with Gasteiger partial charge in [-0.05, 0) is 56.8 Å². The van der Waals surface area contributed by atoms with Crippen LogP contribution in [0.1, 0.15) is 50.5 Å². The fourth-order valence-electron chi connectivity index (χ4n) is 4.36. The van der Waals surface area contributed by atoms with Crippen molar-refractivity contribution < 1.29 is 29.1 Å². The maximum absolute atomic E-state index is 13.6. The highest BCUT2D eigenvalue weighted by molar-refractivity contribution is 5.95. The third-order valence-corrected chi connectivity index (χ3v) is 6.64. The number of benzene rings is 1. The molecule has 0 radical (unpaired) electrons. The molecule has 0 aliphatic heterocycles. The predicted molar refractivity (Wildman–Crippen MR) is 153 cm³/mol. The van der Waals surface area contributed by atoms with E-state index in [0.717, 1.165) is 16.5 Å².